The van der Waals surface area contributed by atoms with Gasteiger partial charge in [-0.1, -0.05) is 50.2 Å². The van der Waals surface area contributed by atoms with E-state index in [2.05, 4.69) is 45.5 Å². The van der Waals surface area contributed by atoms with Crippen molar-refractivity contribution in [2.45, 2.75) is 52.5 Å². The van der Waals surface area contributed by atoms with Gasteiger partial charge in [0.25, 0.3) is 0 Å². The number of nitrogens with zero attached hydrogens (tertiary/aromatic N) is 2. The van der Waals surface area contributed by atoms with Crippen LogP contribution in [-0.4, -0.2) is 31.3 Å². The minimum absolute atomic E-state index is 0.112. The second-order valence-corrected chi connectivity index (χ2v) is 7.70. The molecule has 0 aromatic heterocycles. The highest BCUT2D eigenvalue weighted by molar-refractivity contribution is 5.81. The number of anilines is 1. The van der Waals surface area contributed by atoms with Crippen molar-refractivity contribution in [1.82, 2.24) is 5.32 Å². The number of aliphatic imine (C=N–C) groups is 1. The van der Waals surface area contributed by atoms with Gasteiger partial charge in [0.15, 0.2) is 0 Å². The van der Waals surface area contributed by atoms with Crippen molar-refractivity contribution >= 4 is 23.5 Å². The molecule has 1 saturated carbocycles. The molecule has 154 valence electrons. The Balaban J connectivity index is 0.00000117. The topological polar surface area (TPSA) is 44.7 Å². The summed E-state index contributed by atoms with van der Waals surface area (Å²) < 4.78 is 0. The van der Waals surface area contributed by atoms with Crippen molar-refractivity contribution < 1.29 is 4.79 Å². The van der Waals surface area contributed by atoms with Gasteiger partial charge in [0.05, 0.1) is 12.1 Å². The van der Waals surface area contributed by atoms with Gasteiger partial charge in [-0.3, -0.25) is 9.79 Å². The number of carbonyl (C=O) groups is 1. The van der Waals surface area contributed by atoms with Crippen LogP contribution in [0.1, 0.15) is 45.6 Å². The number of nitrogens with one attached hydrogen (secondary N) is 1. The Morgan fingerprint density at radius 3 is 2.45 bits per heavy atom. The molecule has 2 fully saturated rings. The van der Waals surface area contributed by atoms with Crippen LogP contribution in [0.5, 0.6) is 0 Å². The van der Waals surface area contributed by atoms with Gasteiger partial charge in [0.1, 0.15) is 0 Å². The Morgan fingerprint density at radius 1 is 1.10 bits per heavy atom. The monoisotopic (exact) mass is 391 g/mol. The molecule has 0 bridgehead atoms. The lowest BCUT2D eigenvalue weighted by Crippen LogP contribution is -2.39. The van der Waals surface area contributed by atoms with E-state index in [0.717, 1.165) is 43.6 Å². The molecule has 2 aliphatic rings. The molecule has 4 rings (SSSR count). The van der Waals surface area contributed by atoms with E-state index >= 15 is 0 Å². The molecule has 29 heavy (non-hydrogen) atoms. The first-order chi connectivity index (χ1) is 14.2. The summed E-state index contributed by atoms with van der Waals surface area (Å²) in [5, 5.41) is 3.28. The minimum Gasteiger partial charge on any atom is -0.371 e. The van der Waals surface area contributed by atoms with Crippen molar-refractivity contribution in [1.29, 1.82) is 0 Å². The molecule has 1 aliphatic heterocycles. The first-order valence-electron chi connectivity index (χ1n) is 10.9. The average Bonchev–Trinajstić information content (AvgIpc) is 3.42. The summed E-state index contributed by atoms with van der Waals surface area (Å²) >= 11 is 0. The number of amides is 1. The summed E-state index contributed by atoms with van der Waals surface area (Å²) in [6, 6.07) is 18.8. The number of carbonyl (C=O) groups excluding carboxylic acids is 1. The van der Waals surface area contributed by atoms with Crippen LogP contribution in [0.4, 0.5) is 11.4 Å². The van der Waals surface area contributed by atoms with Gasteiger partial charge in [-0.05, 0) is 55.4 Å². The molecule has 1 heterocycles. The fraction of sp³-hybridized carbons (Fsp3) is 0.440. The molecule has 4 nitrogen and oxygen atoms in total. The summed E-state index contributed by atoms with van der Waals surface area (Å²) in [7, 11) is 0. The number of benzene rings is 2. The molecule has 4 heteroatoms. The Morgan fingerprint density at radius 2 is 1.76 bits per heavy atom. The molecule has 1 N–H and O–H groups in total. The molecule has 2 aromatic carbocycles. The molecule has 1 unspecified atom stereocenters. The molecular formula is C25H33N3O. The van der Waals surface area contributed by atoms with E-state index in [1.54, 1.807) is 6.21 Å². The molecule has 0 radical (unpaired) electrons. The smallest absolute Gasteiger partial charge is 0.224 e. The van der Waals surface area contributed by atoms with Crippen molar-refractivity contribution in [2.24, 2.45) is 10.4 Å². The van der Waals surface area contributed by atoms with Crippen LogP contribution in [0.2, 0.25) is 0 Å². The third-order valence-electron chi connectivity index (χ3n) is 6.02. The number of hydrogen-bond donors (Lipinski definition) is 1. The van der Waals surface area contributed by atoms with E-state index < -0.39 is 0 Å². The largest absolute Gasteiger partial charge is 0.371 e. The van der Waals surface area contributed by atoms with Crippen LogP contribution >= 0.6 is 0 Å². The maximum atomic E-state index is 12.6. The van der Waals surface area contributed by atoms with Gasteiger partial charge >= 0.3 is 0 Å². The Kier molecular flexibility index (Phi) is 7.08. The van der Waals surface area contributed by atoms with E-state index in [4.69, 9.17) is 0 Å². The average molecular weight is 392 g/mol. The highest BCUT2D eigenvalue weighted by Gasteiger charge is 2.55. The van der Waals surface area contributed by atoms with E-state index in [0.29, 0.717) is 17.9 Å². The summed E-state index contributed by atoms with van der Waals surface area (Å²) in [6.07, 6.45) is 5.60. The van der Waals surface area contributed by atoms with Gasteiger partial charge in [-0.2, -0.15) is 0 Å². The summed E-state index contributed by atoms with van der Waals surface area (Å²) in [5.74, 6) is 0.112. The van der Waals surface area contributed by atoms with E-state index in [1.165, 1.54) is 5.69 Å². The van der Waals surface area contributed by atoms with E-state index in [1.807, 2.05) is 45.0 Å². The van der Waals surface area contributed by atoms with Crippen molar-refractivity contribution in [2.75, 3.05) is 18.0 Å². The number of hydrogen-bond acceptors (Lipinski definition) is 3. The summed E-state index contributed by atoms with van der Waals surface area (Å²) in [5.41, 5.74) is 3.50. The molecule has 2 aromatic rings. The van der Waals surface area contributed by atoms with Crippen LogP contribution in [-0.2, 0) is 11.2 Å². The first kappa shape index (κ1) is 21.1. The standard InChI is InChI=1S/C23H27N3O.C2H6/c1-2-24-20-11-7-6-8-18(20)16-22(27)25-21-17-23(21)12-14-26(15-13-23)19-9-4-3-5-10-19;1-2/h2-11,21H,12-17H2,1H3,(H,25,27);1-2H3. The normalized spacial score (nSPS) is 19.6. The molecule has 1 amide bonds. The fourth-order valence-corrected chi connectivity index (χ4v) is 4.30. The predicted molar refractivity (Wildman–Crippen MR) is 122 cm³/mol. The third kappa shape index (κ3) is 5.06. The number of para-hydroxylation sites is 2. The zero-order valence-electron chi connectivity index (χ0n) is 17.9. The minimum atomic E-state index is 0.112. The highest BCUT2D eigenvalue weighted by atomic mass is 16.1. The lowest BCUT2D eigenvalue weighted by atomic mass is 9.92. The van der Waals surface area contributed by atoms with Gasteiger partial charge in [0, 0.05) is 31.0 Å². The zero-order valence-corrected chi connectivity index (χ0v) is 17.9. The summed E-state index contributed by atoms with van der Waals surface area (Å²) in [4.78, 5) is 19.4. The molecular weight excluding hydrogens is 358 g/mol. The quantitative estimate of drug-likeness (QED) is 0.716. The van der Waals surface area contributed by atoms with Gasteiger partial charge in [-0.15, -0.1) is 0 Å². The predicted octanol–water partition coefficient (Wildman–Crippen LogP) is 5.15. The lowest BCUT2D eigenvalue weighted by molar-refractivity contribution is -0.120. The molecule has 1 atom stereocenters. The van der Waals surface area contributed by atoms with E-state index in [9.17, 15) is 4.79 Å². The Labute approximate surface area is 175 Å². The number of rotatable bonds is 5. The summed E-state index contributed by atoms with van der Waals surface area (Å²) in [6.45, 7) is 8.04. The van der Waals surface area contributed by atoms with Gasteiger partial charge in [-0.25, -0.2) is 0 Å². The Hall–Kier alpha value is -2.62. The number of piperidine rings is 1. The van der Waals surface area contributed by atoms with Gasteiger partial charge in [0.2, 0.25) is 5.91 Å². The van der Waals surface area contributed by atoms with Crippen molar-refractivity contribution in [3.63, 3.8) is 0 Å². The zero-order chi connectivity index (χ0) is 20.7. The van der Waals surface area contributed by atoms with Crippen LogP contribution in [0, 0.1) is 5.41 Å². The maximum absolute atomic E-state index is 12.6. The highest BCUT2D eigenvalue weighted by Crippen LogP contribution is 2.54. The van der Waals surface area contributed by atoms with Crippen LogP contribution in [0.15, 0.2) is 59.6 Å². The molecule has 1 aliphatic carbocycles. The second kappa shape index (κ2) is 9.73. The van der Waals surface area contributed by atoms with Crippen molar-refractivity contribution in [3.8, 4) is 0 Å². The van der Waals surface area contributed by atoms with Gasteiger partial charge < -0.3 is 10.2 Å². The Bertz CT molecular complexity index is 823. The van der Waals surface area contributed by atoms with Crippen molar-refractivity contribution in [3.05, 3.63) is 60.2 Å². The van der Waals surface area contributed by atoms with Crippen LogP contribution in [0.25, 0.3) is 0 Å². The molecule has 1 spiro atoms. The van der Waals surface area contributed by atoms with Crippen LogP contribution < -0.4 is 10.2 Å². The fourth-order valence-electron chi connectivity index (χ4n) is 4.30. The SMILES string of the molecule is CC.CC=Nc1ccccc1CC(=O)NC1CC12CCN(c1ccccc1)CC2. The maximum Gasteiger partial charge on any atom is 0.224 e. The first-order valence-corrected chi connectivity index (χ1v) is 10.9. The van der Waals surface area contributed by atoms with Crippen LogP contribution in [0.3, 0.4) is 0 Å². The lowest BCUT2D eigenvalue weighted by Gasteiger charge is -2.34. The third-order valence-corrected chi connectivity index (χ3v) is 6.02. The molecule has 1 saturated heterocycles. The second-order valence-electron chi connectivity index (χ2n) is 7.70. The van der Waals surface area contributed by atoms with E-state index in [-0.39, 0.29) is 5.91 Å².